The highest BCUT2D eigenvalue weighted by atomic mass is 35.5. The summed E-state index contributed by atoms with van der Waals surface area (Å²) in [7, 11) is 0. The molecule has 2 aliphatic heterocycles. The Kier molecular flexibility index (Phi) is 18.3. The van der Waals surface area contributed by atoms with Crippen LogP contribution in [0.25, 0.3) is 0 Å². The zero-order valence-electron chi connectivity index (χ0n) is 35.9. The van der Waals surface area contributed by atoms with Crippen molar-refractivity contribution >= 4 is 69.7 Å². The molecule has 2 aliphatic rings. The molecule has 0 saturated carbocycles. The van der Waals surface area contributed by atoms with Crippen molar-refractivity contribution < 1.29 is 41.0 Å². The second kappa shape index (κ2) is 23.2. The highest BCUT2D eigenvalue weighted by Crippen LogP contribution is 2.39. The normalized spacial score (nSPS) is 15.0. The van der Waals surface area contributed by atoms with E-state index in [1.807, 2.05) is 36.4 Å². The third-order valence-electron chi connectivity index (χ3n) is 11.0. The van der Waals surface area contributed by atoms with Crippen LogP contribution in [0.5, 0.6) is 0 Å². The van der Waals surface area contributed by atoms with Crippen molar-refractivity contribution in [1.29, 1.82) is 0 Å². The first kappa shape index (κ1) is 53.5. The first-order valence-electron chi connectivity index (χ1n) is 20.7. The van der Waals surface area contributed by atoms with Crippen LogP contribution >= 0.6 is 46.4 Å². The summed E-state index contributed by atoms with van der Waals surface area (Å²) < 4.78 is 80.5. The van der Waals surface area contributed by atoms with Crippen LogP contribution < -0.4 is 15.1 Å². The van der Waals surface area contributed by atoms with Crippen LogP contribution in [-0.2, 0) is 21.9 Å². The van der Waals surface area contributed by atoms with Gasteiger partial charge in [-0.1, -0.05) is 114 Å². The highest BCUT2D eigenvalue weighted by molar-refractivity contribution is 6.32. The number of alkyl halides is 6. The quantitative estimate of drug-likeness (QED) is 0.145. The van der Waals surface area contributed by atoms with Crippen molar-refractivity contribution in [3.8, 4) is 0 Å². The van der Waals surface area contributed by atoms with E-state index < -0.39 is 51.8 Å². The maximum Gasteiger partial charge on any atom is 0.436 e. The predicted molar refractivity (Wildman–Crippen MR) is 254 cm³/mol. The Morgan fingerprint density at radius 1 is 0.574 bits per heavy atom. The molecule has 2 unspecified atom stereocenters. The fourth-order valence-electron chi connectivity index (χ4n) is 7.49. The van der Waals surface area contributed by atoms with Gasteiger partial charge < -0.3 is 25.1 Å². The standard InChI is InChI=1S/C23H21Cl2F3N4O.C13H10ClF3N2O2.C10H13ClN2.CH4/c1-15-19(25)21(23(26,27)28)29-32(15)20(16-5-3-2-4-6-16)22(33)31-13-11-30(12-14-31)18-9-7-17(24)8-10-18;1-7-9(14)11(13(15,16)17)18-19(7)10(12(20)21)8-5-3-2-4-6-8;11-9-1-3-10(4-2-9)13-7-5-12-6-8-13;/h2-10,20H,11-14H2,1H3;2-6,10H,1H3,(H,20,21);1-4,12H,5-8H2;1H4. The molecule has 2 saturated heterocycles. The zero-order valence-corrected chi connectivity index (χ0v) is 38.9. The average molecular weight is 1030 g/mol. The van der Waals surface area contributed by atoms with Crippen molar-refractivity contribution in [1.82, 2.24) is 29.8 Å². The summed E-state index contributed by atoms with van der Waals surface area (Å²) in [6.45, 7) is 9.06. The molecule has 21 heteroatoms. The van der Waals surface area contributed by atoms with Gasteiger partial charge in [0.05, 0.1) is 21.4 Å². The molecule has 2 N–H and O–H groups in total. The van der Waals surface area contributed by atoms with Crippen LogP contribution in [0.2, 0.25) is 20.1 Å². The van der Waals surface area contributed by atoms with E-state index in [0.29, 0.717) is 42.3 Å². The van der Waals surface area contributed by atoms with Gasteiger partial charge >= 0.3 is 18.3 Å². The molecule has 2 atom stereocenters. The van der Waals surface area contributed by atoms with E-state index in [4.69, 9.17) is 46.4 Å². The van der Waals surface area contributed by atoms with Gasteiger partial charge in [0.25, 0.3) is 5.91 Å². The molecule has 1 amide bonds. The summed E-state index contributed by atoms with van der Waals surface area (Å²) in [4.78, 5) is 31.2. The second-order valence-electron chi connectivity index (χ2n) is 15.3. The van der Waals surface area contributed by atoms with Crippen LogP contribution in [0.15, 0.2) is 109 Å². The highest BCUT2D eigenvalue weighted by Gasteiger charge is 2.42. The molecule has 0 aliphatic carbocycles. The Hall–Kier alpha value is -5.46. The van der Waals surface area contributed by atoms with Gasteiger partial charge in [0.1, 0.15) is 0 Å². The number of nitrogens with one attached hydrogen (secondary N) is 1. The number of aliphatic carboxylic acids is 1. The van der Waals surface area contributed by atoms with E-state index in [9.17, 15) is 41.0 Å². The van der Waals surface area contributed by atoms with Crippen LogP contribution in [0.1, 0.15) is 53.4 Å². The lowest BCUT2D eigenvalue weighted by Gasteiger charge is -2.37. The predicted octanol–water partition coefficient (Wildman–Crippen LogP) is 11.4. The van der Waals surface area contributed by atoms with E-state index in [1.165, 1.54) is 31.7 Å². The Morgan fingerprint density at radius 3 is 1.31 bits per heavy atom. The van der Waals surface area contributed by atoms with Crippen molar-refractivity contribution in [3.05, 3.63) is 163 Å². The van der Waals surface area contributed by atoms with Crippen molar-refractivity contribution in [2.45, 2.75) is 45.7 Å². The lowest BCUT2D eigenvalue weighted by Crippen LogP contribution is -2.51. The number of aromatic nitrogens is 4. The summed E-state index contributed by atoms with van der Waals surface area (Å²) in [5.41, 5.74) is 0.666. The molecule has 0 radical (unpaired) electrons. The van der Waals surface area contributed by atoms with Gasteiger partial charge in [-0.15, -0.1) is 0 Å². The number of carbonyl (C=O) groups excluding carboxylic acids is 1. The Balaban J connectivity index is 0.000000210. The number of amides is 1. The summed E-state index contributed by atoms with van der Waals surface area (Å²) in [5, 5.41) is 20.1. The molecule has 6 aromatic rings. The van der Waals surface area contributed by atoms with Crippen LogP contribution in [0.3, 0.4) is 0 Å². The molecule has 364 valence electrons. The summed E-state index contributed by atoms with van der Waals surface area (Å²) in [6, 6.07) is 29.6. The fraction of sp³-hybridized carbons (Fsp3) is 0.319. The van der Waals surface area contributed by atoms with E-state index in [2.05, 4.69) is 37.4 Å². The van der Waals surface area contributed by atoms with Gasteiger partial charge in [-0.2, -0.15) is 36.5 Å². The van der Waals surface area contributed by atoms with Crippen molar-refractivity contribution in [2.75, 3.05) is 62.2 Å². The van der Waals surface area contributed by atoms with Crippen LogP contribution in [0, 0.1) is 13.8 Å². The number of carboxylic acid groups (broad SMARTS) is 1. The van der Waals surface area contributed by atoms with Crippen LogP contribution in [0.4, 0.5) is 37.7 Å². The number of piperazine rings is 2. The van der Waals surface area contributed by atoms with Crippen LogP contribution in [-0.4, -0.2) is 93.8 Å². The molecule has 4 heterocycles. The van der Waals surface area contributed by atoms with E-state index >= 15 is 0 Å². The largest absolute Gasteiger partial charge is 0.479 e. The Labute approximate surface area is 409 Å². The summed E-state index contributed by atoms with van der Waals surface area (Å²) >= 11 is 23.4. The van der Waals surface area contributed by atoms with Gasteiger partial charge in [-0.3, -0.25) is 9.48 Å². The number of hydrogen-bond donors (Lipinski definition) is 2. The SMILES string of the molecule is C.Cc1c(Cl)c(C(F)(F)F)nn1C(C(=O)N1CCN(c2ccc(Cl)cc2)CC1)c1ccccc1.Cc1c(Cl)c(C(F)(F)F)nn1C(C(=O)O)c1ccccc1.Clc1ccc(N2CCNCC2)cc1. The number of anilines is 2. The minimum Gasteiger partial charge on any atom is -0.479 e. The molecule has 0 bridgehead atoms. The molecule has 2 aromatic heterocycles. The van der Waals surface area contributed by atoms with Gasteiger partial charge in [0.2, 0.25) is 0 Å². The number of rotatable bonds is 8. The fourth-order valence-corrected chi connectivity index (χ4v) is 8.21. The van der Waals surface area contributed by atoms with E-state index in [0.717, 1.165) is 46.3 Å². The first-order chi connectivity index (χ1) is 31.8. The smallest absolute Gasteiger partial charge is 0.436 e. The molecule has 0 spiro atoms. The number of benzene rings is 4. The Morgan fingerprint density at radius 2 is 0.941 bits per heavy atom. The minimum absolute atomic E-state index is 0. The average Bonchev–Trinajstić information content (AvgIpc) is 3.78. The maximum absolute atomic E-state index is 13.6. The minimum atomic E-state index is -4.74. The van der Waals surface area contributed by atoms with Gasteiger partial charge in [-0.25, -0.2) is 9.48 Å². The monoisotopic (exact) mass is 1030 g/mol. The second-order valence-corrected chi connectivity index (χ2v) is 17.0. The third-order valence-corrected chi connectivity index (χ3v) is 12.4. The van der Waals surface area contributed by atoms with E-state index in [1.54, 1.807) is 53.4 Å². The number of hydrogen-bond acceptors (Lipinski definition) is 7. The first-order valence-corrected chi connectivity index (χ1v) is 22.2. The number of carboxylic acids is 1. The molecular formula is C47H48Cl4F6N8O3. The summed E-state index contributed by atoms with van der Waals surface area (Å²) in [6.07, 6.45) is -9.46. The number of nitrogens with zero attached hydrogens (tertiary/aromatic N) is 7. The molecule has 2 fully saturated rings. The summed E-state index contributed by atoms with van der Waals surface area (Å²) in [5.74, 6) is -1.65. The number of carbonyl (C=O) groups is 2. The lowest BCUT2D eigenvalue weighted by atomic mass is 10.0. The molecule has 68 heavy (non-hydrogen) atoms. The third kappa shape index (κ3) is 13.0. The van der Waals surface area contributed by atoms with E-state index in [-0.39, 0.29) is 24.7 Å². The molecular weight excluding hydrogens is 980 g/mol. The topological polar surface area (TPSA) is 112 Å². The van der Waals surface area contributed by atoms with Crippen molar-refractivity contribution in [2.24, 2.45) is 0 Å². The maximum atomic E-state index is 13.6. The zero-order chi connectivity index (χ0) is 48.6. The molecule has 4 aromatic carbocycles. The lowest BCUT2D eigenvalue weighted by molar-refractivity contribution is -0.144. The molecule has 8 rings (SSSR count). The molecule has 11 nitrogen and oxygen atoms in total. The van der Waals surface area contributed by atoms with Gasteiger partial charge in [0, 0.05) is 73.8 Å². The van der Waals surface area contributed by atoms with Crippen molar-refractivity contribution in [3.63, 3.8) is 0 Å². The van der Waals surface area contributed by atoms with Gasteiger partial charge in [-0.05, 0) is 73.5 Å². The van der Waals surface area contributed by atoms with Gasteiger partial charge in [0.15, 0.2) is 23.5 Å². The number of halogens is 10. The Bertz CT molecular complexity index is 2580.